The lowest BCUT2D eigenvalue weighted by Gasteiger charge is -2.29. The fourth-order valence-corrected chi connectivity index (χ4v) is 4.99. The van der Waals surface area contributed by atoms with Gasteiger partial charge in [0.25, 0.3) is 5.62 Å². The van der Waals surface area contributed by atoms with Crippen molar-refractivity contribution in [3.63, 3.8) is 0 Å². The predicted octanol–water partition coefficient (Wildman–Crippen LogP) is 4.21. The number of benzene rings is 2. The molecule has 3 aromatic rings. The SMILES string of the molecule is CCCCc1nc(Cl)c(C=O)n1Cc1ccc(-c2ccccc2N(N(C)C)S(=O)(=O)C=O)cc1. The molecule has 8 nitrogen and oxygen atoms in total. The summed E-state index contributed by atoms with van der Waals surface area (Å²) in [6.07, 6.45) is 3.38. The van der Waals surface area contributed by atoms with Crippen molar-refractivity contribution in [2.45, 2.75) is 32.7 Å². The van der Waals surface area contributed by atoms with E-state index in [0.29, 0.717) is 23.5 Å². The van der Waals surface area contributed by atoms with Crippen LogP contribution in [0.5, 0.6) is 0 Å². The number of aromatic nitrogens is 2. The van der Waals surface area contributed by atoms with Gasteiger partial charge in [-0.2, -0.15) is 12.8 Å². The Bertz CT molecular complexity index is 1270. The average Bonchev–Trinajstić information content (AvgIpc) is 3.12. The maximum atomic E-state index is 12.4. The molecule has 0 N–H and O–H groups in total. The number of rotatable bonds is 11. The van der Waals surface area contributed by atoms with Crippen LogP contribution in [0.15, 0.2) is 48.5 Å². The van der Waals surface area contributed by atoms with Crippen LogP contribution in [0.3, 0.4) is 0 Å². The fourth-order valence-electron chi connectivity index (χ4n) is 3.77. The largest absolute Gasteiger partial charge is 0.320 e. The molecule has 0 bridgehead atoms. The van der Waals surface area contributed by atoms with Crippen LogP contribution < -0.4 is 4.41 Å². The van der Waals surface area contributed by atoms with E-state index in [1.165, 1.54) is 5.01 Å². The summed E-state index contributed by atoms with van der Waals surface area (Å²) >= 11 is 6.18. The van der Waals surface area contributed by atoms with Gasteiger partial charge in [0.2, 0.25) is 0 Å². The van der Waals surface area contributed by atoms with E-state index in [-0.39, 0.29) is 10.8 Å². The van der Waals surface area contributed by atoms with Gasteiger partial charge in [0.15, 0.2) is 11.4 Å². The molecular formula is C24H27ClN4O4S. The lowest BCUT2D eigenvalue weighted by atomic mass is 10.0. The monoisotopic (exact) mass is 502 g/mol. The number of hydrogen-bond donors (Lipinski definition) is 0. The maximum Gasteiger partial charge on any atom is 0.308 e. The lowest BCUT2D eigenvalue weighted by molar-refractivity contribution is 0.111. The highest BCUT2D eigenvalue weighted by Crippen LogP contribution is 2.33. The number of imidazole rings is 1. The molecule has 0 fully saturated rings. The predicted molar refractivity (Wildman–Crippen MR) is 134 cm³/mol. The number of carbonyl (C=O) groups excluding carboxylic acids is 2. The molecule has 0 unspecified atom stereocenters. The first-order valence-corrected chi connectivity index (χ1v) is 12.7. The maximum absolute atomic E-state index is 12.4. The van der Waals surface area contributed by atoms with E-state index in [1.54, 1.807) is 38.4 Å². The summed E-state index contributed by atoms with van der Waals surface area (Å²) in [5.41, 5.74) is 3.00. The first-order chi connectivity index (χ1) is 16.2. The average molecular weight is 503 g/mol. The summed E-state index contributed by atoms with van der Waals surface area (Å²) in [6, 6.07) is 14.5. The lowest BCUT2D eigenvalue weighted by Crippen LogP contribution is -2.42. The molecular weight excluding hydrogens is 476 g/mol. The molecule has 0 aliphatic heterocycles. The first kappa shape index (κ1) is 25.6. The van der Waals surface area contributed by atoms with E-state index in [4.69, 9.17) is 11.6 Å². The standard InChI is InChI=1S/C24H27ClN4O4S/c1-4-5-10-23-26-24(25)22(16-30)28(23)15-18-11-13-19(14-12-18)20-8-6-7-9-21(20)29(27(2)3)34(32,33)17-31/h6-9,11-14,16-17H,4-5,10,15H2,1-3H3. The molecule has 0 saturated carbocycles. The topological polar surface area (TPSA) is 92.6 Å². The van der Waals surface area contributed by atoms with Crippen LogP contribution in [0.4, 0.5) is 5.69 Å². The number of halogens is 1. The molecule has 2 aromatic carbocycles. The third-order valence-electron chi connectivity index (χ3n) is 5.35. The van der Waals surface area contributed by atoms with Gasteiger partial charge in [-0.05, 0) is 23.6 Å². The number of hydrazine groups is 1. The van der Waals surface area contributed by atoms with E-state index in [1.807, 2.05) is 28.8 Å². The Morgan fingerprint density at radius 2 is 1.74 bits per heavy atom. The second kappa shape index (κ2) is 10.9. The van der Waals surface area contributed by atoms with Gasteiger partial charge < -0.3 is 4.57 Å². The quantitative estimate of drug-likeness (QED) is 0.288. The Balaban J connectivity index is 1.97. The van der Waals surface area contributed by atoms with E-state index in [9.17, 15) is 18.0 Å². The van der Waals surface area contributed by atoms with Gasteiger partial charge in [0, 0.05) is 32.6 Å². The number of para-hydroxylation sites is 1. The van der Waals surface area contributed by atoms with E-state index in [0.717, 1.165) is 46.9 Å². The molecule has 0 aliphatic carbocycles. The zero-order valence-corrected chi connectivity index (χ0v) is 20.9. The number of nitrogens with zero attached hydrogens (tertiary/aromatic N) is 4. The van der Waals surface area contributed by atoms with Crippen molar-refractivity contribution < 1.29 is 18.0 Å². The number of aryl methyl sites for hydroxylation is 1. The van der Waals surface area contributed by atoms with Crippen molar-refractivity contribution in [3.8, 4) is 11.1 Å². The Labute approximate surface area is 204 Å². The number of carbonyl (C=O) groups is 2. The Morgan fingerprint density at radius 3 is 2.32 bits per heavy atom. The third-order valence-corrected chi connectivity index (χ3v) is 6.87. The summed E-state index contributed by atoms with van der Waals surface area (Å²) in [4.78, 5) is 27.2. The Hall–Kier alpha value is -3.01. The van der Waals surface area contributed by atoms with E-state index >= 15 is 0 Å². The Kier molecular flexibility index (Phi) is 8.24. The molecule has 0 atom stereocenters. The summed E-state index contributed by atoms with van der Waals surface area (Å²) in [7, 11) is -1.08. The summed E-state index contributed by atoms with van der Waals surface area (Å²) in [5, 5.41) is 1.55. The van der Waals surface area contributed by atoms with Crippen LogP contribution in [0.1, 0.15) is 41.6 Å². The van der Waals surface area contributed by atoms with Crippen molar-refractivity contribution >= 4 is 39.2 Å². The molecule has 180 valence electrons. The second-order valence-electron chi connectivity index (χ2n) is 7.96. The number of hydrogen-bond acceptors (Lipinski definition) is 6. The molecule has 0 aliphatic rings. The minimum atomic E-state index is -4.19. The molecule has 0 spiro atoms. The van der Waals surface area contributed by atoms with Crippen LogP contribution in [-0.2, 0) is 27.8 Å². The summed E-state index contributed by atoms with van der Waals surface area (Å²) < 4.78 is 27.6. The number of anilines is 1. The van der Waals surface area contributed by atoms with Gasteiger partial charge >= 0.3 is 10.0 Å². The van der Waals surface area contributed by atoms with Gasteiger partial charge in [-0.15, -0.1) is 0 Å². The van der Waals surface area contributed by atoms with Gasteiger partial charge in [-0.25, -0.2) is 9.99 Å². The molecule has 10 heteroatoms. The molecule has 3 rings (SSSR count). The van der Waals surface area contributed by atoms with Crippen LogP contribution >= 0.6 is 11.6 Å². The zero-order valence-electron chi connectivity index (χ0n) is 19.3. The molecule has 0 radical (unpaired) electrons. The molecule has 1 heterocycles. The van der Waals surface area contributed by atoms with Gasteiger partial charge in [0.05, 0.1) is 5.69 Å². The van der Waals surface area contributed by atoms with Crippen molar-refractivity contribution in [2.24, 2.45) is 0 Å². The van der Waals surface area contributed by atoms with Gasteiger partial charge in [-0.3, -0.25) is 9.59 Å². The number of sulfonamides is 1. The first-order valence-electron chi connectivity index (χ1n) is 10.8. The minimum absolute atomic E-state index is 0.0656. The van der Waals surface area contributed by atoms with Crippen LogP contribution in [0.25, 0.3) is 11.1 Å². The van der Waals surface area contributed by atoms with Crippen molar-refractivity contribution in [1.29, 1.82) is 0 Å². The minimum Gasteiger partial charge on any atom is -0.320 e. The fraction of sp³-hybridized carbons (Fsp3) is 0.292. The van der Waals surface area contributed by atoms with Crippen molar-refractivity contribution in [3.05, 3.63) is 70.8 Å². The summed E-state index contributed by atoms with van der Waals surface area (Å²) in [5.74, 6) is 0.768. The molecule has 1 aromatic heterocycles. The third kappa shape index (κ3) is 5.38. The van der Waals surface area contributed by atoms with Crippen LogP contribution in [0, 0.1) is 0 Å². The number of unbranched alkanes of at least 4 members (excludes halogenated alkanes) is 1. The van der Waals surface area contributed by atoms with Gasteiger partial charge in [0.1, 0.15) is 11.5 Å². The highest BCUT2D eigenvalue weighted by molar-refractivity contribution is 8.05. The second-order valence-corrected chi connectivity index (χ2v) is 9.88. The van der Waals surface area contributed by atoms with Gasteiger partial charge in [-0.1, -0.05) is 67.4 Å². The molecule has 34 heavy (non-hydrogen) atoms. The van der Waals surface area contributed by atoms with Crippen molar-refractivity contribution in [2.75, 3.05) is 18.5 Å². The smallest absolute Gasteiger partial charge is 0.308 e. The van der Waals surface area contributed by atoms with Crippen LogP contribution in [-0.4, -0.2) is 49.0 Å². The highest BCUT2D eigenvalue weighted by atomic mass is 35.5. The molecule has 0 saturated heterocycles. The number of aldehydes is 1. The van der Waals surface area contributed by atoms with E-state index in [2.05, 4.69) is 11.9 Å². The van der Waals surface area contributed by atoms with Crippen LogP contribution in [0.2, 0.25) is 5.15 Å². The summed E-state index contributed by atoms with van der Waals surface area (Å²) in [6.45, 7) is 2.52. The normalized spacial score (nSPS) is 11.6. The van der Waals surface area contributed by atoms with E-state index < -0.39 is 10.0 Å². The zero-order chi connectivity index (χ0) is 24.9. The highest BCUT2D eigenvalue weighted by Gasteiger charge is 2.26. The Morgan fingerprint density at radius 1 is 1.06 bits per heavy atom. The van der Waals surface area contributed by atoms with Crippen molar-refractivity contribution in [1.82, 2.24) is 14.6 Å². The molecule has 0 amide bonds.